The molecular formula is C12H13N3O3S. The first-order valence-corrected chi connectivity index (χ1v) is 7.18. The summed E-state index contributed by atoms with van der Waals surface area (Å²) in [5.41, 5.74) is 1.71. The minimum atomic E-state index is -3.50. The Labute approximate surface area is 111 Å². The number of nitrogens with one attached hydrogen (secondary N) is 1. The molecule has 2 N–H and O–H groups in total. The summed E-state index contributed by atoms with van der Waals surface area (Å²) < 4.78 is 26.2. The van der Waals surface area contributed by atoms with Crippen molar-refractivity contribution in [3.8, 4) is 0 Å². The fourth-order valence-electron chi connectivity index (χ4n) is 1.53. The first-order chi connectivity index (χ1) is 9.09. The molecule has 0 saturated heterocycles. The number of benzene rings is 1. The van der Waals surface area contributed by atoms with Crippen molar-refractivity contribution in [3.63, 3.8) is 0 Å². The van der Waals surface area contributed by atoms with Crippen LogP contribution < -0.4 is 4.72 Å². The molecule has 0 unspecified atom stereocenters. The van der Waals surface area contributed by atoms with Gasteiger partial charge in [0, 0.05) is 0 Å². The Morgan fingerprint density at radius 3 is 2.21 bits per heavy atom. The zero-order valence-electron chi connectivity index (χ0n) is 10.0. The van der Waals surface area contributed by atoms with Crippen molar-refractivity contribution >= 4 is 15.7 Å². The van der Waals surface area contributed by atoms with E-state index >= 15 is 0 Å². The van der Waals surface area contributed by atoms with E-state index in [1.54, 1.807) is 24.3 Å². The molecule has 1 heterocycles. The average Bonchev–Trinajstić information content (AvgIpc) is 2.39. The number of rotatable bonds is 5. The molecule has 100 valence electrons. The second-order valence-electron chi connectivity index (χ2n) is 3.96. The first kappa shape index (κ1) is 13.4. The summed E-state index contributed by atoms with van der Waals surface area (Å²) in [4.78, 5) is 7.47. The molecular weight excluding hydrogens is 266 g/mol. The first-order valence-electron chi connectivity index (χ1n) is 5.53. The maximum atomic E-state index is 11.9. The number of sulfonamides is 1. The molecule has 19 heavy (non-hydrogen) atoms. The van der Waals surface area contributed by atoms with Crippen LogP contribution in [0, 0.1) is 0 Å². The van der Waals surface area contributed by atoms with E-state index in [0.717, 1.165) is 5.56 Å². The topological polar surface area (TPSA) is 92.2 Å². The van der Waals surface area contributed by atoms with Gasteiger partial charge in [-0.3, -0.25) is 4.72 Å². The molecule has 0 amide bonds. The number of aliphatic hydroxyl groups excluding tert-OH is 1. The number of anilines is 1. The molecule has 6 nitrogen and oxygen atoms in total. The van der Waals surface area contributed by atoms with Gasteiger partial charge >= 0.3 is 0 Å². The molecule has 0 fully saturated rings. The van der Waals surface area contributed by atoms with E-state index < -0.39 is 10.0 Å². The maximum Gasteiger partial charge on any atom is 0.237 e. The van der Waals surface area contributed by atoms with E-state index in [2.05, 4.69) is 14.7 Å². The van der Waals surface area contributed by atoms with Crippen molar-refractivity contribution in [3.05, 3.63) is 54.1 Å². The van der Waals surface area contributed by atoms with Gasteiger partial charge < -0.3 is 5.11 Å². The quantitative estimate of drug-likeness (QED) is 0.848. The Balaban J connectivity index is 2.08. The van der Waals surface area contributed by atoms with Gasteiger partial charge in [0.2, 0.25) is 10.0 Å². The monoisotopic (exact) mass is 279 g/mol. The molecule has 0 atom stereocenters. The minimum absolute atomic E-state index is 0.0629. The second-order valence-corrected chi connectivity index (χ2v) is 5.69. The number of aromatic nitrogens is 2. The van der Waals surface area contributed by atoms with E-state index in [4.69, 9.17) is 5.11 Å². The lowest BCUT2D eigenvalue weighted by molar-refractivity contribution is 0.282. The van der Waals surface area contributed by atoms with Crippen molar-refractivity contribution in [1.82, 2.24) is 9.97 Å². The lowest BCUT2D eigenvalue weighted by Gasteiger charge is -2.07. The standard InChI is InChI=1S/C12H13N3O3S/c16-7-10-1-3-11(4-2-10)8-19(17,18)15-12-5-13-9-14-6-12/h1-6,9,15-16H,7-8H2. The summed E-state index contributed by atoms with van der Waals surface area (Å²) in [5, 5.41) is 8.91. The van der Waals surface area contributed by atoms with Crippen molar-refractivity contribution in [2.45, 2.75) is 12.4 Å². The lowest BCUT2D eigenvalue weighted by Crippen LogP contribution is -2.15. The minimum Gasteiger partial charge on any atom is -0.392 e. The maximum absolute atomic E-state index is 11.9. The summed E-state index contributed by atoms with van der Waals surface area (Å²) in [6.45, 7) is -0.0629. The molecule has 2 rings (SSSR count). The Hall–Kier alpha value is -1.99. The van der Waals surface area contributed by atoms with Crippen LogP contribution in [-0.2, 0) is 22.4 Å². The highest BCUT2D eigenvalue weighted by molar-refractivity contribution is 7.91. The highest BCUT2D eigenvalue weighted by Gasteiger charge is 2.11. The predicted octanol–water partition coefficient (Wildman–Crippen LogP) is 0.911. The predicted molar refractivity (Wildman–Crippen MR) is 70.6 cm³/mol. The normalized spacial score (nSPS) is 11.2. The number of nitrogens with zero attached hydrogens (tertiary/aromatic N) is 2. The van der Waals surface area contributed by atoms with E-state index in [1.165, 1.54) is 18.7 Å². The van der Waals surface area contributed by atoms with Crippen molar-refractivity contribution in [2.24, 2.45) is 0 Å². The van der Waals surface area contributed by atoms with Crippen LogP contribution in [0.25, 0.3) is 0 Å². The van der Waals surface area contributed by atoms with Crippen LogP contribution in [0.4, 0.5) is 5.69 Å². The molecule has 0 aliphatic heterocycles. The van der Waals surface area contributed by atoms with Gasteiger partial charge in [0.15, 0.2) is 0 Å². The van der Waals surface area contributed by atoms with Gasteiger partial charge in [-0.1, -0.05) is 24.3 Å². The fraction of sp³-hybridized carbons (Fsp3) is 0.167. The Bertz CT molecular complexity index is 627. The summed E-state index contributed by atoms with van der Waals surface area (Å²) in [6, 6.07) is 6.73. The third kappa shape index (κ3) is 4.01. The highest BCUT2D eigenvalue weighted by atomic mass is 32.2. The van der Waals surface area contributed by atoms with Crippen LogP contribution in [0.15, 0.2) is 43.0 Å². The third-order valence-corrected chi connectivity index (χ3v) is 3.66. The Morgan fingerprint density at radius 1 is 1.05 bits per heavy atom. The second kappa shape index (κ2) is 5.77. The molecule has 0 radical (unpaired) electrons. The molecule has 7 heteroatoms. The Morgan fingerprint density at radius 2 is 1.63 bits per heavy atom. The van der Waals surface area contributed by atoms with Crippen LogP contribution in [0.2, 0.25) is 0 Å². The SMILES string of the molecule is O=S(=O)(Cc1ccc(CO)cc1)Nc1cncnc1. The van der Waals surface area contributed by atoms with Crippen molar-refractivity contribution in [2.75, 3.05) is 4.72 Å². The van der Waals surface area contributed by atoms with Gasteiger partial charge in [0.05, 0.1) is 30.4 Å². The van der Waals surface area contributed by atoms with Gasteiger partial charge in [-0.25, -0.2) is 18.4 Å². The van der Waals surface area contributed by atoms with Gasteiger partial charge in [-0.2, -0.15) is 0 Å². The van der Waals surface area contributed by atoms with Gasteiger partial charge in [-0.05, 0) is 11.1 Å². The number of hydrogen-bond donors (Lipinski definition) is 2. The van der Waals surface area contributed by atoms with E-state index in [-0.39, 0.29) is 12.4 Å². The number of aliphatic hydroxyl groups is 1. The van der Waals surface area contributed by atoms with Crippen LogP contribution >= 0.6 is 0 Å². The molecule has 1 aromatic heterocycles. The van der Waals surface area contributed by atoms with Crippen LogP contribution in [0.3, 0.4) is 0 Å². The molecule has 1 aromatic carbocycles. The zero-order chi connectivity index (χ0) is 13.7. The van der Waals surface area contributed by atoms with Gasteiger partial charge in [-0.15, -0.1) is 0 Å². The molecule has 0 aliphatic rings. The molecule has 0 spiro atoms. The van der Waals surface area contributed by atoms with Crippen molar-refractivity contribution in [1.29, 1.82) is 0 Å². The average molecular weight is 279 g/mol. The number of hydrogen-bond acceptors (Lipinski definition) is 5. The van der Waals surface area contributed by atoms with E-state index in [0.29, 0.717) is 11.3 Å². The summed E-state index contributed by atoms with van der Waals surface area (Å²) >= 11 is 0. The molecule has 2 aromatic rings. The Kier molecular flexibility index (Phi) is 4.08. The summed E-state index contributed by atoms with van der Waals surface area (Å²) in [5.74, 6) is -0.145. The summed E-state index contributed by atoms with van der Waals surface area (Å²) in [6.07, 6.45) is 4.10. The van der Waals surface area contributed by atoms with Crippen LogP contribution in [0.5, 0.6) is 0 Å². The smallest absolute Gasteiger partial charge is 0.237 e. The van der Waals surface area contributed by atoms with Gasteiger partial charge in [0.25, 0.3) is 0 Å². The van der Waals surface area contributed by atoms with E-state index in [9.17, 15) is 8.42 Å². The summed E-state index contributed by atoms with van der Waals surface area (Å²) in [7, 11) is -3.50. The molecule has 0 aliphatic carbocycles. The fourth-order valence-corrected chi connectivity index (χ4v) is 2.70. The van der Waals surface area contributed by atoms with Crippen LogP contribution in [-0.4, -0.2) is 23.5 Å². The highest BCUT2D eigenvalue weighted by Crippen LogP contribution is 2.11. The van der Waals surface area contributed by atoms with Crippen molar-refractivity contribution < 1.29 is 13.5 Å². The van der Waals surface area contributed by atoms with Crippen LogP contribution in [0.1, 0.15) is 11.1 Å². The lowest BCUT2D eigenvalue weighted by atomic mass is 10.2. The van der Waals surface area contributed by atoms with E-state index in [1.807, 2.05) is 0 Å². The largest absolute Gasteiger partial charge is 0.392 e. The van der Waals surface area contributed by atoms with Gasteiger partial charge in [0.1, 0.15) is 6.33 Å². The third-order valence-electron chi connectivity index (χ3n) is 2.40. The zero-order valence-corrected chi connectivity index (χ0v) is 10.8. The molecule has 0 bridgehead atoms. The molecule has 0 saturated carbocycles.